The number of H-pyrrole nitrogens is 1. The number of carboxylic acid groups (broad SMARTS) is 1. The van der Waals surface area contributed by atoms with Gasteiger partial charge in [-0.25, -0.2) is 9.78 Å². The van der Waals surface area contributed by atoms with Gasteiger partial charge in [0.1, 0.15) is 11.4 Å². The average molecular weight is 336 g/mol. The van der Waals surface area contributed by atoms with Crippen LogP contribution < -0.4 is 5.32 Å². The van der Waals surface area contributed by atoms with Gasteiger partial charge in [0, 0.05) is 4.47 Å². The summed E-state index contributed by atoms with van der Waals surface area (Å²) in [4.78, 5) is 18.6. The fraction of sp³-hybridized carbons (Fsp3) is 0.286. The standard InChI is InChI=1S/C14H14BrN3O2/c15-10-4-2-9(3-5-10)11-8-16-12(17-11)14(6-1-7-14)18-13(19)20/h2-5,8,18H,1,6-7H2,(H,16,17)(H,19,20). The molecule has 0 bridgehead atoms. The van der Waals surface area contributed by atoms with Crippen molar-refractivity contribution in [2.75, 3.05) is 0 Å². The third-order valence-corrected chi connectivity index (χ3v) is 4.27. The minimum Gasteiger partial charge on any atom is -0.465 e. The van der Waals surface area contributed by atoms with E-state index in [4.69, 9.17) is 5.11 Å². The molecule has 0 radical (unpaired) electrons. The summed E-state index contributed by atoms with van der Waals surface area (Å²) in [5, 5.41) is 11.6. The normalized spacial score (nSPS) is 16.4. The highest BCUT2D eigenvalue weighted by Gasteiger charge is 2.42. The molecule has 1 saturated carbocycles. The number of hydrogen-bond donors (Lipinski definition) is 3. The number of rotatable bonds is 3. The number of amides is 1. The van der Waals surface area contributed by atoms with Crippen molar-refractivity contribution in [1.82, 2.24) is 15.3 Å². The summed E-state index contributed by atoms with van der Waals surface area (Å²) >= 11 is 3.40. The number of aromatic nitrogens is 2. The Kier molecular flexibility index (Phi) is 3.25. The maximum atomic E-state index is 10.9. The zero-order valence-electron chi connectivity index (χ0n) is 10.7. The number of carbonyl (C=O) groups is 1. The SMILES string of the molecule is O=C(O)NC1(c2ncc(-c3ccc(Br)cc3)[nH]2)CCC1. The first kappa shape index (κ1) is 13.2. The number of hydrogen-bond acceptors (Lipinski definition) is 2. The predicted octanol–water partition coefficient (Wildman–Crippen LogP) is 3.49. The first-order chi connectivity index (χ1) is 9.59. The third kappa shape index (κ3) is 2.31. The molecule has 1 aromatic heterocycles. The Labute approximate surface area is 124 Å². The van der Waals surface area contributed by atoms with Crippen LogP contribution in [0.2, 0.25) is 0 Å². The predicted molar refractivity (Wildman–Crippen MR) is 78.4 cm³/mol. The van der Waals surface area contributed by atoms with Gasteiger partial charge in [-0.2, -0.15) is 0 Å². The van der Waals surface area contributed by atoms with Gasteiger partial charge < -0.3 is 15.4 Å². The minimum absolute atomic E-state index is 0.542. The molecule has 1 amide bonds. The Morgan fingerprint density at radius 2 is 2.05 bits per heavy atom. The second kappa shape index (κ2) is 4.94. The van der Waals surface area contributed by atoms with Gasteiger partial charge in [0.15, 0.2) is 0 Å². The van der Waals surface area contributed by atoms with Crippen LogP contribution in [0.15, 0.2) is 34.9 Å². The lowest BCUT2D eigenvalue weighted by atomic mass is 9.76. The quantitative estimate of drug-likeness (QED) is 0.803. The molecular weight excluding hydrogens is 322 g/mol. The van der Waals surface area contributed by atoms with Gasteiger partial charge in [0.05, 0.1) is 11.9 Å². The molecule has 0 saturated heterocycles. The lowest BCUT2D eigenvalue weighted by molar-refractivity contribution is 0.139. The minimum atomic E-state index is -1.01. The van der Waals surface area contributed by atoms with E-state index in [-0.39, 0.29) is 0 Å². The third-order valence-electron chi connectivity index (χ3n) is 3.74. The highest BCUT2D eigenvalue weighted by molar-refractivity contribution is 9.10. The van der Waals surface area contributed by atoms with Crippen LogP contribution >= 0.6 is 15.9 Å². The number of imidazole rings is 1. The van der Waals surface area contributed by atoms with Crippen LogP contribution in [0, 0.1) is 0 Å². The molecule has 0 aliphatic heterocycles. The van der Waals surface area contributed by atoms with Crippen molar-refractivity contribution in [2.24, 2.45) is 0 Å². The van der Waals surface area contributed by atoms with Crippen LogP contribution in [0.4, 0.5) is 4.79 Å². The molecule has 3 rings (SSSR count). The topological polar surface area (TPSA) is 78.0 Å². The summed E-state index contributed by atoms with van der Waals surface area (Å²) in [5.74, 6) is 0.698. The molecule has 1 aliphatic rings. The van der Waals surface area contributed by atoms with Crippen LogP contribution in [-0.4, -0.2) is 21.2 Å². The van der Waals surface area contributed by atoms with E-state index in [2.05, 4.69) is 31.2 Å². The number of nitrogens with one attached hydrogen (secondary N) is 2. The molecular formula is C14H14BrN3O2. The van der Waals surface area contributed by atoms with Crippen molar-refractivity contribution in [2.45, 2.75) is 24.8 Å². The summed E-state index contributed by atoms with van der Waals surface area (Å²) in [7, 11) is 0. The van der Waals surface area contributed by atoms with E-state index in [9.17, 15) is 4.79 Å². The fourth-order valence-electron chi connectivity index (χ4n) is 2.50. The van der Waals surface area contributed by atoms with E-state index in [1.54, 1.807) is 6.20 Å². The fourth-order valence-corrected chi connectivity index (χ4v) is 2.76. The van der Waals surface area contributed by atoms with Crippen LogP contribution in [0.5, 0.6) is 0 Å². The Balaban J connectivity index is 1.89. The monoisotopic (exact) mass is 335 g/mol. The van der Waals surface area contributed by atoms with Crippen LogP contribution in [-0.2, 0) is 5.54 Å². The molecule has 3 N–H and O–H groups in total. The summed E-state index contributed by atoms with van der Waals surface area (Å²) in [6.07, 6.45) is 3.32. The Bertz CT molecular complexity index is 632. The van der Waals surface area contributed by atoms with Gasteiger partial charge in [-0.1, -0.05) is 28.1 Å². The number of nitrogens with zero attached hydrogens (tertiary/aromatic N) is 1. The smallest absolute Gasteiger partial charge is 0.405 e. The van der Waals surface area contributed by atoms with E-state index >= 15 is 0 Å². The molecule has 1 aromatic carbocycles. The molecule has 1 aliphatic carbocycles. The van der Waals surface area contributed by atoms with Crippen molar-refractivity contribution in [3.8, 4) is 11.3 Å². The van der Waals surface area contributed by atoms with Gasteiger partial charge >= 0.3 is 6.09 Å². The van der Waals surface area contributed by atoms with Gasteiger partial charge in [0.2, 0.25) is 0 Å². The first-order valence-corrected chi connectivity index (χ1v) is 7.21. The number of benzene rings is 1. The maximum Gasteiger partial charge on any atom is 0.405 e. The Morgan fingerprint density at radius 3 is 2.60 bits per heavy atom. The first-order valence-electron chi connectivity index (χ1n) is 6.42. The average Bonchev–Trinajstić information content (AvgIpc) is 2.84. The highest BCUT2D eigenvalue weighted by Crippen LogP contribution is 2.40. The molecule has 0 atom stereocenters. The van der Waals surface area contributed by atoms with Crippen molar-refractivity contribution >= 4 is 22.0 Å². The number of aromatic amines is 1. The Morgan fingerprint density at radius 1 is 1.35 bits per heavy atom. The molecule has 1 heterocycles. The molecule has 1 fully saturated rings. The summed E-state index contributed by atoms with van der Waals surface area (Å²) in [6, 6.07) is 7.90. The molecule has 5 nitrogen and oxygen atoms in total. The van der Waals surface area contributed by atoms with Crippen molar-refractivity contribution in [3.05, 3.63) is 40.8 Å². The lowest BCUT2D eigenvalue weighted by Crippen LogP contribution is -2.51. The van der Waals surface area contributed by atoms with Crippen LogP contribution in [0.1, 0.15) is 25.1 Å². The largest absolute Gasteiger partial charge is 0.465 e. The van der Waals surface area contributed by atoms with Gasteiger partial charge in [-0.3, -0.25) is 0 Å². The van der Waals surface area contributed by atoms with E-state index in [1.807, 2.05) is 24.3 Å². The van der Waals surface area contributed by atoms with Gasteiger partial charge in [-0.05, 0) is 37.0 Å². The Hall–Kier alpha value is -1.82. The second-order valence-corrected chi connectivity index (χ2v) is 5.93. The van der Waals surface area contributed by atoms with Crippen LogP contribution in [0.25, 0.3) is 11.3 Å². The van der Waals surface area contributed by atoms with Crippen LogP contribution in [0.3, 0.4) is 0 Å². The molecule has 2 aromatic rings. The summed E-state index contributed by atoms with van der Waals surface area (Å²) < 4.78 is 1.02. The van der Waals surface area contributed by atoms with Gasteiger partial charge in [0.25, 0.3) is 0 Å². The molecule has 6 heteroatoms. The summed E-state index contributed by atoms with van der Waals surface area (Å²) in [5.41, 5.74) is 1.38. The van der Waals surface area contributed by atoms with E-state index in [0.717, 1.165) is 35.0 Å². The number of halogens is 1. The molecule has 0 unspecified atom stereocenters. The molecule has 104 valence electrons. The highest BCUT2D eigenvalue weighted by atomic mass is 79.9. The summed E-state index contributed by atoms with van der Waals surface area (Å²) in [6.45, 7) is 0. The zero-order chi connectivity index (χ0) is 14.2. The van der Waals surface area contributed by atoms with E-state index in [1.165, 1.54) is 0 Å². The molecule has 20 heavy (non-hydrogen) atoms. The van der Waals surface area contributed by atoms with Gasteiger partial charge in [-0.15, -0.1) is 0 Å². The van der Waals surface area contributed by atoms with Crippen molar-refractivity contribution in [1.29, 1.82) is 0 Å². The zero-order valence-corrected chi connectivity index (χ0v) is 12.3. The van der Waals surface area contributed by atoms with Crippen molar-refractivity contribution < 1.29 is 9.90 Å². The van der Waals surface area contributed by atoms with E-state index < -0.39 is 11.6 Å². The van der Waals surface area contributed by atoms with Crippen molar-refractivity contribution in [3.63, 3.8) is 0 Å². The maximum absolute atomic E-state index is 10.9. The van der Waals surface area contributed by atoms with E-state index in [0.29, 0.717) is 5.82 Å². The second-order valence-electron chi connectivity index (χ2n) is 5.02. The lowest BCUT2D eigenvalue weighted by Gasteiger charge is -2.39. The molecule has 0 spiro atoms.